The predicted molar refractivity (Wildman–Crippen MR) is 164 cm³/mol. The summed E-state index contributed by atoms with van der Waals surface area (Å²) in [6.07, 6.45) is -2.61. The van der Waals surface area contributed by atoms with Gasteiger partial charge in [0.25, 0.3) is 5.92 Å². The Morgan fingerprint density at radius 1 is 1.15 bits per heavy atom. The number of sulfonamides is 1. The number of hydrogen-bond acceptors (Lipinski definition) is 8. The van der Waals surface area contributed by atoms with Crippen LogP contribution in [0.25, 0.3) is 5.65 Å². The van der Waals surface area contributed by atoms with E-state index < -0.39 is 52.4 Å². The minimum atomic E-state index is -4.73. The molecule has 2 unspecified atom stereocenters. The van der Waals surface area contributed by atoms with Crippen LogP contribution in [0.4, 0.5) is 27.8 Å². The van der Waals surface area contributed by atoms with Crippen LogP contribution in [0.1, 0.15) is 65.7 Å². The number of carbonyl (C=O) groups excluding carboxylic acids is 1. The lowest BCUT2D eigenvalue weighted by molar-refractivity contribution is -0.145. The van der Waals surface area contributed by atoms with E-state index in [1.165, 1.54) is 39.8 Å². The van der Waals surface area contributed by atoms with Crippen LogP contribution in [0.5, 0.6) is 0 Å². The number of piperidine rings is 1. The summed E-state index contributed by atoms with van der Waals surface area (Å²) in [6.45, 7) is 4.40. The number of ether oxygens (including phenoxy) is 1. The van der Waals surface area contributed by atoms with Crippen LogP contribution in [0.2, 0.25) is 0 Å². The Bertz CT molecular complexity index is 1980. The van der Waals surface area contributed by atoms with Gasteiger partial charge < -0.3 is 9.64 Å². The summed E-state index contributed by atoms with van der Waals surface area (Å²) < 4.78 is 105. The summed E-state index contributed by atoms with van der Waals surface area (Å²) in [7, 11) is -4.18. The molecule has 3 aromatic heterocycles. The zero-order chi connectivity index (χ0) is 34.6. The molecule has 0 N–H and O–H groups in total. The second-order valence-electron chi connectivity index (χ2n) is 12.2. The number of rotatable bonds is 7. The normalized spacial score (nSPS) is 19.8. The zero-order valence-corrected chi connectivity index (χ0v) is 27.2. The molecule has 48 heavy (non-hydrogen) atoms. The molecule has 6 rings (SSSR count). The summed E-state index contributed by atoms with van der Waals surface area (Å²) in [6, 6.07) is 9.10. The standard InChI is InChI=1S/C32H33F5N6O4S/c1-4-47-27(44)15-25(24-10-13-42-28(20(24)3)39-40-30(42)32(35,36)37)21-8-7-19(2)22(14-21)16-41-17-23-9-11-31(33,34)18-43(23)29-26(48(41,45)46)6-5-12-38-29/h5-8,10,12-14,23,25H,4,9,11,15-18H2,1-3H3. The highest BCUT2D eigenvalue weighted by molar-refractivity contribution is 7.89. The molecular formula is C32H33F5N6O4S. The summed E-state index contributed by atoms with van der Waals surface area (Å²) in [5, 5.41) is 7.12. The van der Waals surface area contributed by atoms with Crippen molar-refractivity contribution in [3.63, 3.8) is 0 Å². The number of halogens is 5. The number of benzene rings is 1. The van der Waals surface area contributed by atoms with E-state index in [1.807, 2.05) is 0 Å². The summed E-state index contributed by atoms with van der Waals surface area (Å²) in [5.41, 5.74) is 2.82. The SMILES string of the molecule is CCOC(=O)CC(c1ccc(C)c(CN2CC3CCC(F)(F)CN3c3ncccc3S2(=O)=O)c1)c1ccn2c(C(F)(F)F)nnc2c1C. The van der Waals surface area contributed by atoms with Gasteiger partial charge in [-0.15, -0.1) is 10.2 Å². The topological polar surface area (TPSA) is 110 Å². The molecular weight excluding hydrogens is 659 g/mol. The number of carbonyl (C=O) groups is 1. The van der Waals surface area contributed by atoms with Gasteiger partial charge in [-0.1, -0.05) is 18.2 Å². The van der Waals surface area contributed by atoms with Crippen molar-refractivity contribution in [2.24, 2.45) is 0 Å². The fraction of sp³-hybridized carbons (Fsp3) is 0.438. The molecule has 10 nitrogen and oxygen atoms in total. The average Bonchev–Trinajstić information content (AvgIpc) is 3.45. The van der Waals surface area contributed by atoms with Crippen LogP contribution in [0, 0.1) is 13.8 Å². The maximum atomic E-state index is 14.5. The quantitative estimate of drug-likeness (QED) is 0.181. The van der Waals surface area contributed by atoms with E-state index >= 15 is 0 Å². The fourth-order valence-electron chi connectivity index (χ4n) is 6.58. The first-order chi connectivity index (χ1) is 22.6. The van der Waals surface area contributed by atoms with Crippen molar-refractivity contribution in [2.45, 2.75) is 75.5 Å². The minimum absolute atomic E-state index is 0.00243. The number of fused-ring (bicyclic) bond motifs is 4. The number of nitrogens with zero attached hydrogens (tertiary/aromatic N) is 6. The van der Waals surface area contributed by atoms with Gasteiger partial charge in [-0.3, -0.25) is 9.20 Å². The maximum absolute atomic E-state index is 14.5. The van der Waals surface area contributed by atoms with Gasteiger partial charge in [-0.2, -0.15) is 17.5 Å². The number of anilines is 1. The molecule has 0 spiro atoms. The average molecular weight is 693 g/mol. The summed E-state index contributed by atoms with van der Waals surface area (Å²) in [4.78, 5) is 18.3. The second kappa shape index (κ2) is 12.4. The van der Waals surface area contributed by atoms with Gasteiger partial charge in [0.05, 0.1) is 19.6 Å². The molecule has 0 saturated carbocycles. The molecule has 2 aliphatic heterocycles. The number of pyridine rings is 2. The van der Waals surface area contributed by atoms with Crippen molar-refractivity contribution in [2.75, 3.05) is 24.6 Å². The van der Waals surface area contributed by atoms with Gasteiger partial charge in [0.15, 0.2) is 5.65 Å². The molecule has 4 aromatic rings. The third kappa shape index (κ3) is 6.22. The summed E-state index contributed by atoms with van der Waals surface area (Å²) in [5.74, 6) is -5.40. The number of aryl methyl sites for hydroxylation is 2. The van der Waals surface area contributed by atoms with E-state index in [0.717, 1.165) is 9.96 Å². The van der Waals surface area contributed by atoms with Crippen LogP contribution in [0.15, 0.2) is 53.7 Å². The Morgan fingerprint density at radius 2 is 1.92 bits per heavy atom. The highest BCUT2D eigenvalue weighted by Crippen LogP contribution is 2.40. The molecule has 0 radical (unpaired) electrons. The third-order valence-electron chi connectivity index (χ3n) is 9.04. The molecule has 2 atom stereocenters. The molecule has 1 fully saturated rings. The Labute approximate surface area is 273 Å². The highest BCUT2D eigenvalue weighted by Gasteiger charge is 2.46. The Morgan fingerprint density at radius 3 is 2.65 bits per heavy atom. The lowest BCUT2D eigenvalue weighted by atomic mass is 9.85. The molecule has 0 amide bonds. The monoisotopic (exact) mass is 692 g/mol. The largest absolute Gasteiger partial charge is 0.466 e. The fourth-order valence-corrected chi connectivity index (χ4v) is 8.19. The van der Waals surface area contributed by atoms with Crippen LogP contribution in [0.3, 0.4) is 0 Å². The van der Waals surface area contributed by atoms with Crippen molar-refractivity contribution in [1.82, 2.24) is 23.9 Å². The molecule has 0 aliphatic carbocycles. The molecule has 5 heterocycles. The van der Waals surface area contributed by atoms with Gasteiger partial charge >= 0.3 is 12.1 Å². The van der Waals surface area contributed by atoms with Gasteiger partial charge in [0.1, 0.15) is 10.7 Å². The molecule has 16 heteroatoms. The molecule has 1 aromatic carbocycles. The van der Waals surface area contributed by atoms with Crippen LogP contribution in [-0.4, -0.2) is 69.9 Å². The van der Waals surface area contributed by atoms with Crippen LogP contribution < -0.4 is 4.90 Å². The number of aromatic nitrogens is 4. The van der Waals surface area contributed by atoms with Gasteiger partial charge in [-0.25, -0.2) is 22.2 Å². The third-order valence-corrected chi connectivity index (χ3v) is 10.9. The van der Waals surface area contributed by atoms with Gasteiger partial charge in [0.2, 0.25) is 15.8 Å². The van der Waals surface area contributed by atoms with Crippen molar-refractivity contribution >= 4 is 27.5 Å². The van der Waals surface area contributed by atoms with Gasteiger partial charge in [-0.05, 0) is 73.2 Å². The lowest BCUT2D eigenvalue weighted by Gasteiger charge is -2.40. The van der Waals surface area contributed by atoms with Crippen molar-refractivity contribution in [3.8, 4) is 0 Å². The first-order valence-corrected chi connectivity index (χ1v) is 16.8. The van der Waals surface area contributed by atoms with Crippen LogP contribution >= 0.6 is 0 Å². The molecule has 256 valence electrons. The lowest BCUT2D eigenvalue weighted by Crippen LogP contribution is -2.52. The first kappa shape index (κ1) is 33.7. The number of hydrogen-bond donors (Lipinski definition) is 0. The van der Waals surface area contributed by atoms with Crippen molar-refractivity contribution in [1.29, 1.82) is 0 Å². The Hall–Kier alpha value is -4.18. The molecule has 1 saturated heterocycles. The maximum Gasteiger partial charge on any atom is 0.452 e. The first-order valence-electron chi connectivity index (χ1n) is 15.4. The molecule has 2 aliphatic rings. The van der Waals surface area contributed by atoms with E-state index in [2.05, 4.69) is 15.2 Å². The second-order valence-corrected chi connectivity index (χ2v) is 14.1. The Balaban J connectivity index is 1.40. The van der Waals surface area contributed by atoms with E-state index in [0.29, 0.717) is 22.3 Å². The van der Waals surface area contributed by atoms with E-state index in [1.54, 1.807) is 39.0 Å². The van der Waals surface area contributed by atoms with Crippen molar-refractivity contribution < 1.29 is 39.9 Å². The highest BCUT2D eigenvalue weighted by atomic mass is 32.2. The van der Waals surface area contributed by atoms with Gasteiger partial charge in [0, 0.05) is 43.9 Å². The predicted octanol–water partition coefficient (Wildman–Crippen LogP) is 5.65. The minimum Gasteiger partial charge on any atom is -0.466 e. The molecule has 0 bridgehead atoms. The summed E-state index contributed by atoms with van der Waals surface area (Å²) >= 11 is 0. The van der Waals surface area contributed by atoms with Crippen molar-refractivity contribution in [3.05, 3.63) is 82.4 Å². The van der Waals surface area contributed by atoms with E-state index in [-0.39, 0.29) is 55.3 Å². The van der Waals surface area contributed by atoms with E-state index in [4.69, 9.17) is 4.74 Å². The van der Waals surface area contributed by atoms with Crippen LogP contribution in [-0.2, 0) is 32.3 Å². The zero-order valence-electron chi connectivity index (χ0n) is 26.3. The van der Waals surface area contributed by atoms with E-state index in [9.17, 15) is 35.2 Å². The smallest absolute Gasteiger partial charge is 0.452 e. The number of alkyl halides is 5. The Kier molecular flexibility index (Phi) is 8.68. The number of esters is 1.